The molecule has 1 aromatic carbocycles. The van der Waals surface area contributed by atoms with Gasteiger partial charge in [-0.3, -0.25) is 4.79 Å². The largest absolute Gasteiger partial charge is 0.465 e. The molecule has 0 radical (unpaired) electrons. The van der Waals surface area contributed by atoms with E-state index in [-0.39, 0.29) is 5.92 Å². The van der Waals surface area contributed by atoms with E-state index in [1.54, 1.807) is 24.3 Å². The van der Waals surface area contributed by atoms with Crippen LogP contribution in [-0.2, 0) is 0 Å². The van der Waals surface area contributed by atoms with Crippen molar-refractivity contribution >= 4 is 17.7 Å². The Bertz CT molecular complexity index is 531. The van der Waals surface area contributed by atoms with E-state index in [4.69, 9.17) is 5.11 Å². The molecule has 1 heterocycles. The SMILES string of the molecule is O=NNC(=O)c1ccc(N2CC[C@H](CNC(=O)O)C2)cc1. The van der Waals surface area contributed by atoms with Crippen LogP contribution in [0.15, 0.2) is 29.6 Å². The summed E-state index contributed by atoms with van der Waals surface area (Å²) in [5.41, 5.74) is 3.16. The first kappa shape index (κ1) is 14.8. The Kier molecular flexibility index (Phi) is 4.70. The van der Waals surface area contributed by atoms with Crippen molar-refractivity contribution < 1.29 is 14.7 Å². The van der Waals surface area contributed by atoms with Gasteiger partial charge in [0, 0.05) is 30.9 Å². The first-order chi connectivity index (χ1) is 10.1. The molecule has 1 saturated heterocycles. The fourth-order valence-corrected chi connectivity index (χ4v) is 2.40. The molecule has 1 atom stereocenters. The third-order valence-electron chi connectivity index (χ3n) is 3.47. The number of hydrogen-bond donors (Lipinski definition) is 3. The number of hydrogen-bond acceptors (Lipinski definition) is 5. The number of carboxylic acid groups (broad SMARTS) is 1. The molecule has 8 heteroatoms. The smallest absolute Gasteiger partial charge is 0.404 e. The molecule has 112 valence electrons. The fourth-order valence-electron chi connectivity index (χ4n) is 2.40. The average molecular weight is 292 g/mol. The number of carbonyl (C=O) groups is 2. The number of carbonyl (C=O) groups excluding carboxylic acids is 1. The molecule has 3 N–H and O–H groups in total. The van der Waals surface area contributed by atoms with Crippen LogP contribution in [0.1, 0.15) is 16.8 Å². The van der Waals surface area contributed by atoms with Crippen LogP contribution >= 0.6 is 0 Å². The molecule has 21 heavy (non-hydrogen) atoms. The van der Waals surface area contributed by atoms with E-state index in [0.29, 0.717) is 12.1 Å². The molecule has 2 rings (SSSR count). The molecule has 1 aliphatic heterocycles. The lowest BCUT2D eigenvalue weighted by Crippen LogP contribution is -2.29. The molecule has 2 amide bonds. The van der Waals surface area contributed by atoms with Crippen LogP contribution in [0.25, 0.3) is 0 Å². The summed E-state index contributed by atoms with van der Waals surface area (Å²) in [4.78, 5) is 34.0. The maximum atomic E-state index is 11.4. The highest BCUT2D eigenvalue weighted by molar-refractivity contribution is 5.94. The summed E-state index contributed by atoms with van der Waals surface area (Å²) >= 11 is 0. The summed E-state index contributed by atoms with van der Waals surface area (Å²) in [6.07, 6.45) is -0.0926. The lowest BCUT2D eigenvalue weighted by Gasteiger charge is -2.19. The van der Waals surface area contributed by atoms with Crippen molar-refractivity contribution in [3.8, 4) is 0 Å². The normalized spacial score (nSPS) is 17.3. The van der Waals surface area contributed by atoms with Gasteiger partial charge in [0.15, 0.2) is 0 Å². The lowest BCUT2D eigenvalue weighted by atomic mass is 10.1. The van der Waals surface area contributed by atoms with Gasteiger partial charge in [-0.2, -0.15) is 0 Å². The minimum absolute atomic E-state index is 0.281. The summed E-state index contributed by atoms with van der Waals surface area (Å²) in [5.74, 6) is -0.259. The van der Waals surface area contributed by atoms with Crippen molar-refractivity contribution in [3.63, 3.8) is 0 Å². The molecular formula is C13H16N4O4. The summed E-state index contributed by atoms with van der Waals surface area (Å²) in [5, 5.41) is 13.3. The van der Waals surface area contributed by atoms with E-state index in [9.17, 15) is 14.5 Å². The molecular weight excluding hydrogens is 276 g/mol. The monoisotopic (exact) mass is 292 g/mol. The summed E-state index contributed by atoms with van der Waals surface area (Å²) in [6.45, 7) is 2.05. The second kappa shape index (κ2) is 6.69. The van der Waals surface area contributed by atoms with Gasteiger partial charge in [-0.05, 0) is 36.6 Å². The van der Waals surface area contributed by atoms with Crippen LogP contribution in [0.5, 0.6) is 0 Å². The highest BCUT2D eigenvalue weighted by Gasteiger charge is 2.23. The molecule has 0 saturated carbocycles. The predicted octanol–water partition coefficient (Wildman–Crippen LogP) is 1.19. The van der Waals surface area contributed by atoms with E-state index in [1.165, 1.54) is 0 Å². The van der Waals surface area contributed by atoms with Crippen LogP contribution in [-0.4, -0.2) is 36.7 Å². The van der Waals surface area contributed by atoms with E-state index in [0.717, 1.165) is 25.2 Å². The zero-order chi connectivity index (χ0) is 15.2. The van der Waals surface area contributed by atoms with Gasteiger partial charge < -0.3 is 15.3 Å². The van der Waals surface area contributed by atoms with Gasteiger partial charge in [0.2, 0.25) is 0 Å². The standard InChI is InChI=1S/C13H16N4O4/c18-12(15-16-21)10-1-3-11(4-2-10)17-6-5-9(8-17)7-14-13(19)20/h1-4,9,14H,5-8H2,(H,19,20)(H,15,18,21)/t9-/m1/s1. The quantitative estimate of drug-likeness (QED) is 0.557. The van der Waals surface area contributed by atoms with Crippen LogP contribution in [0.3, 0.4) is 0 Å². The Labute approximate surface area is 121 Å². The van der Waals surface area contributed by atoms with Gasteiger partial charge in [0.05, 0.1) is 5.29 Å². The van der Waals surface area contributed by atoms with Crippen molar-refractivity contribution in [3.05, 3.63) is 34.7 Å². The van der Waals surface area contributed by atoms with Gasteiger partial charge in [-0.15, -0.1) is 4.91 Å². The van der Waals surface area contributed by atoms with Gasteiger partial charge in [-0.25, -0.2) is 10.2 Å². The molecule has 8 nitrogen and oxygen atoms in total. The van der Waals surface area contributed by atoms with Crippen molar-refractivity contribution in [2.75, 3.05) is 24.5 Å². The molecule has 1 fully saturated rings. The number of nitrogens with one attached hydrogen (secondary N) is 2. The van der Waals surface area contributed by atoms with Crippen LogP contribution in [0, 0.1) is 10.8 Å². The number of nitrogens with zero attached hydrogens (tertiary/aromatic N) is 2. The van der Waals surface area contributed by atoms with Crippen molar-refractivity contribution in [1.82, 2.24) is 10.7 Å². The van der Waals surface area contributed by atoms with E-state index in [1.807, 2.05) is 5.43 Å². The Morgan fingerprint density at radius 1 is 1.33 bits per heavy atom. The van der Waals surface area contributed by atoms with Crippen LogP contribution < -0.4 is 15.6 Å². The summed E-state index contributed by atoms with van der Waals surface area (Å²) < 4.78 is 0. The number of benzene rings is 1. The molecule has 0 spiro atoms. The van der Waals surface area contributed by atoms with Gasteiger partial charge in [0.25, 0.3) is 5.91 Å². The zero-order valence-electron chi connectivity index (χ0n) is 11.3. The lowest BCUT2D eigenvalue weighted by molar-refractivity contribution is 0.0954. The third kappa shape index (κ3) is 3.91. The average Bonchev–Trinajstić information content (AvgIpc) is 2.94. The Morgan fingerprint density at radius 3 is 2.67 bits per heavy atom. The predicted molar refractivity (Wildman–Crippen MR) is 76.1 cm³/mol. The Morgan fingerprint density at radius 2 is 2.05 bits per heavy atom. The van der Waals surface area contributed by atoms with Crippen molar-refractivity contribution in [2.45, 2.75) is 6.42 Å². The van der Waals surface area contributed by atoms with Gasteiger partial charge >= 0.3 is 6.09 Å². The minimum atomic E-state index is -1.01. The highest BCUT2D eigenvalue weighted by atomic mass is 16.4. The van der Waals surface area contributed by atoms with Crippen LogP contribution in [0.2, 0.25) is 0 Å². The highest BCUT2D eigenvalue weighted by Crippen LogP contribution is 2.23. The first-order valence-electron chi connectivity index (χ1n) is 6.54. The third-order valence-corrected chi connectivity index (χ3v) is 3.47. The molecule has 0 unspecified atom stereocenters. The molecule has 1 aliphatic rings. The summed E-state index contributed by atoms with van der Waals surface area (Å²) in [7, 11) is 0. The number of nitroso groups, excluding NO2 is 1. The second-order valence-electron chi connectivity index (χ2n) is 4.87. The van der Waals surface area contributed by atoms with E-state index >= 15 is 0 Å². The fraction of sp³-hybridized carbons (Fsp3) is 0.385. The Hall–Kier alpha value is -2.64. The Balaban J connectivity index is 1.92. The zero-order valence-corrected chi connectivity index (χ0v) is 11.3. The molecule has 0 aliphatic carbocycles. The topological polar surface area (TPSA) is 111 Å². The van der Waals surface area contributed by atoms with Crippen molar-refractivity contribution in [1.29, 1.82) is 0 Å². The number of rotatable bonds is 5. The van der Waals surface area contributed by atoms with E-state index in [2.05, 4.69) is 15.5 Å². The first-order valence-corrected chi connectivity index (χ1v) is 6.54. The van der Waals surface area contributed by atoms with E-state index < -0.39 is 12.0 Å². The molecule has 0 bridgehead atoms. The van der Waals surface area contributed by atoms with Crippen molar-refractivity contribution in [2.24, 2.45) is 11.2 Å². The molecule has 0 aromatic heterocycles. The maximum absolute atomic E-state index is 11.4. The number of anilines is 1. The number of amides is 2. The minimum Gasteiger partial charge on any atom is -0.465 e. The van der Waals surface area contributed by atoms with Gasteiger partial charge in [0.1, 0.15) is 0 Å². The summed E-state index contributed by atoms with van der Waals surface area (Å²) in [6, 6.07) is 6.84. The molecule has 1 aromatic rings. The second-order valence-corrected chi connectivity index (χ2v) is 4.87. The van der Waals surface area contributed by atoms with Crippen LogP contribution in [0.4, 0.5) is 10.5 Å². The maximum Gasteiger partial charge on any atom is 0.404 e. The van der Waals surface area contributed by atoms with Gasteiger partial charge in [-0.1, -0.05) is 0 Å².